The van der Waals surface area contributed by atoms with Crippen molar-refractivity contribution in [1.82, 2.24) is 30.1 Å². The van der Waals surface area contributed by atoms with Gasteiger partial charge in [0.15, 0.2) is 0 Å². The molecule has 0 radical (unpaired) electrons. The van der Waals surface area contributed by atoms with E-state index in [2.05, 4.69) is 40.9 Å². The molecule has 9 nitrogen and oxygen atoms in total. The summed E-state index contributed by atoms with van der Waals surface area (Å²) in [6.45, 7) is 14.3. The van der Waals surface area contributed by atoms with E-state index in [9.17, 15) is 0 Å². The molecule has 3 heterocycles. The predicted octanol–water partition coefficient (Wildman–Crippen LogP) is 6.10. The van der Waals surface area contributed by atoms with Crippen molar-refractivity contribution in [2.75, 3.05) is 4.90 Å². The van der Waals surface area contributed by atoms with Gasteiger partial charge in [0.05, 0.1) is 34.2 Å². The molecule has 196 valence electrons. The Morgan fingerprint density at radius 2 is 1.55 bits per heavy atom. The molecule has 0 aliphatic heterocycles. The van der Waals surface area contributed by atoms with Crippen molar-refractivity contribution in [3.63, 3.8) is 0 Å². The molecule has 4 rings (SSSR count). The molecule has 0 unspecified atom stereocenters. The molecule has 3 aromatic heterocycles. The van der Waals surface area contributed by atoms with Gasteiger partial charge in [-0.25, -0.2) is 24.8 Å². The normalized spacial score (nSPS) is 12.4. The first kappa shape index (κ1) is 26.7. The smallest absolute Gasteiger partial charge is 0.237 e. The number of rotatable bonds is 6. The second kappa shape index (κ2) is 10.2. The van der Waals surface area contributed by atoms with Crippen LogP contribution in [0.5, 0.6) is 0 Å². The minimum atomic E-state index is -0.331. The summed E-state index contributed by atoms with van der Waals surface area (Å²) in [6.07, 6.45) is 5.00. The minimum Gasteiger partial charge on any atom is -0.397 e. The first-order valence-corrected chi connectivity index (χ1v) is 12.5. The third kappa shape index (κ3) is 5.94. The summed E-state index contributed by atoms with van der Waals surface area (Å²) in [5.74, 6) is 0.766. The molecule has 0 fully saturated rings. The first-order valence-electron chi connectivity index (χ1n) is 12.5. The van der Waals surface area contributed by atoms with E-state index in [4.69, 9.17) is 21.1 Å². The van der Waals surface area contributed by atoms with E-state index in [1.54, 1.807) is 29.4 Å². The Kier molecular flexibility index (Phi) is 7.13. The summed E-state index contributed by atoms with van der Waals surface area (Å²) in [5.41, 5.74) is 11.6. The van der Waals surface area contributed by atoms with Crippen LogP contribution in [-0.2, 0) is 5.41 Å². The molecule has 0 aliphatic rings. The van der Waals surface area contributed by atoms with Gasteiger partial charge in [0.1, 0.15) is 0 Å². The van der Waals surface area contributed by atoms with Crippen molar-refractivity contribution >= 4 is 29.0 Å². The molecule has 0 bridgehead atoms. The fourth-order valence-corrected chi connectivity index (χ4v) is 3.52. The van der Waals surface area contributed by atoms with Gasteiger partial charge in [0.25, 0.3) is 0 Å². The average Bonchev–Trinajstić information content (AvgIpc) is 3.37. The topological polar surface area (TPSA) is 133 Å². The number of hydrogen-bond donors (Lipinski definition) is 3. The lowest BCUT2D eigenvalue weighted by atomic mass is 9.89. The standard InChI is InChI=1S/C29H35N9/c1-18-8-10-19(11-9-18)38(26-32-14-12-21(34-26)20(30)16-24(31)28(2,3)4)27-33-15-13-22(35-27)23-17-25(37-36-23)29(5,6)7/h8-17,31H,30H2,1-7H3,(H,36,37)/b20-16-,31-24?. The predicted molar refractivity (Wildman–Crippen MR) is 153 cm³/mol. The molecule has 9 heteroatoms. The highest BCUT2D eigenvalue weighted by atomic mass is 15.3. The maximum Gasteiger partial charge on any atom is 0.237 e. The van der Waals surface area contributed by atoms with Crippen molar-refractivity contribution in [3.05, 3.63) is 77.9 Å². The van der Waals surface area contributed by atoms with Crippen molar-refractivity contribution in [2.45, 2.75) is 53.9 Å². The molecular weight excluding hydrogens is 474 g/mol. The van der Waals surface area contributed by atoms with Crippen LogP contribution in [-0.4, -0.2) is 35.8 Å². The highest BCUT2D eigenvalue weighted by Gasteiger charge is 2.22. The highest BCUT2D eigenvalue weighted by molar-refractivity contribution is 6.01. The molecule has 0 spiro atoms. The number of nitrogens with one attached hydrogen (secondary N) is 2. The average molecular weight is 510 g/mol. The third-order valence-corrected chi connectivity index (χ3v) is 6.00. The summed E-state index contributed by atoms with van der Waals surface area (Å²) in [5, 5.41) is 15.9. The van der Waals surface area contributed by atoms with Gasteiger partial charge >= 0.3 is 0 Å². The number of nitrogens with zero attached hydrogens (tertiary/aromatic N) is 6. The van der Waals surface area contributed by atoms with Crippen LogP contribution in [0, 0.1) is 17.7 Å². The Bertz CT molecular complexity index is 1470. The Morgan fingerprint density at radius 1 is 0.921 bits per heavy atom. The Hall–Kier alpha value is -4.40. The number of nitrogens with two attached hydrogens (primary N) is 1. The van der Waals surface area contributed by atoms with Gasteiger partial charge in [0, 0.05) is 28.9 Å². The third-order valence-electron chi connectivity index (χ3n) is 6.00. The van der Waals surface area contributed by atoms with E-state index in [0.717, 1.165) is 22.6 Å². The van der Waals surface area contributed by atoms with Gasteiger partial charge in [-0.15, -0.1) is 0 Å². The highest BCUT2D eigenvalue weighted by Crippen LogP contribution is 2.32. The molecule has 1 aromatic carbocycles. The molecule has 0 saturated carbocycles. The van der Waals surface area contributed by atoms with Gasteiger partial charge in [0.2, 0.25) is 11.9 Å². The fourth-order valence-electron chi connectivity index (χ4n) is 3.52. The summed E-state index contributed by atoms with van der Waals surface area (Å²) in [4.78, 5) is 20.5. The second-order valence-corrected chi connectivity index (χ2v) is 11.3. The molecule has 0 saturated heterocycles. The molecule has 4 aromatic rings. The monoisotopic (exact) mass is 509 g/mol. The van der Waals surface area contributed by atoms with Crippen LogP contribution in [0.4, 0.5) is 17.6 Å². The van der Waals surface area contributed by atoms with Gasteiger partial charge in [-0.2, -0.15) is 5.10 Å². The second-order valence-electron chi connectivity index (χ2n) is 11.3. The number of aromatic nitrogens is 6. The zero-order valence-corrected chi connectivity index (χ0v) is 23.0. The number of benzene rings is 1. The van der Waals surface area contributed by atoms with Crippen LogP contribution < -0.4 is 10.6 Å². The molecule has 0 aliphatic carbocycles. The largest absolute Gasteiger partial charge is 0.397 e. The van der Waals surface area contributed by atoms with Gasteiger partial charge in [-0.1, -0.05) is 59.2 Å². The summed E-state index contributed by atoms with van der Waals surface area (Å²) in [6, 6.07) is 13.6. The van der Waals surface area contributed by atoms with Crippen LogP contribution in [0.25, 0.3) is 17.1 Å². The number of aryl methyl sites for hydroxylation is 1. The lowest BCUT2D eigenvalue weighted by Gasteiger charge is -2.22. The van der Waals surface area contributed by atoms with Crippen molar-refractivity contribution < 1.29 is 0 Å². The number of hydrogen-bond acceptors (Lipinski definition) is 8. The Labute approximate surface area is 223 Å². The van der Waals surface area contributed by atoms with Crippen molar-refractivity contribution in [1.29, 1.82) is 5.41 Å². The Balaban J connectivity index is 1.80. The van der Waals surface area contributed by atoms with Crippen LogP contribution in [0.3, 0.4) is 0 Å². The molecule has 4 N–H and O–H groups in total. The lowest BCUT2D eigenvalue weighted by Crippen LogP contribution is -2.19. The summed E-state index contributed by atoms with van der Waals surface area (Å²) in [7, 11) is 0. The maximum absolute atomic E-state index is 8.35. The van der Waals surface area contributed by atoms with E-state index in [1.807, 2.05) is 64.1 Å². The van der Waals surface area contributed by atoms with Crippen molar-refractivity contribution in [2.24, 2.45) is 11.1 Å². The summed E-state index contributed by atoms with van der Waals surface area (Å²) >= 11 is 0. The quantitative estimate of drug-likeness (QED) is 0.267. The molecule has 0 atom stereocenters. The zero-order valence-electron chi connectivity index (χ0n) is 23.0. The number of anilines is 3. The van der Waals surface area contributed by atoms with Crippen LogP contribution in [0.2, 0.25) is 0 Å². The number of allylic oxidation sites excluding steroid dienone is 1. The Morgan fingerprint density at radius 3 is 2.16 bits per heavy atom. The van der Waals surface area contributed by atoms with Crippen LogP contribution in [0.15, 0.2) is 60.9 Å². The molecule has 38 heavy (non-hydrogen) atoms. The van der Waals surface area contributed by atoms with Gasteiger partial charge in [-0.3, -0.25) is 5.10 Å². The summed E-state index contributed by atoms with van der Waals surface area (Å²) < 4.78 is 0. The first-order chi connectivity index (χ1) is 17.8. The molecule has 0 amide bonds. The van der Waals surface area contributed by atoms with Crippen LogP contribution >= 0.6 is 0 Å². The van der Waals surface area contributed by atoms with E-state index >= 15 is 0 Å². The minimum absolute atomic E-state index is 0.0936. The van der Waals surface area contributed by atoms with Gasteiger partial charge < -0.3 is 11.1 Å². The van der Waals surface area contributed by atoms with Crippen molar-refractivity contribution in [3.8, 4) is 11.4 Å². The van der Waals surface area contributed by atoms with Gasteiger partial charge in [-0.05, 0) is 43.3 Å². The van der Waals surface area contributed by atoms with E-state index < -0.39 is 0 Å². The lowest BCUT2D eigenvalue weighted by molar-refractivity contribution is 0.567. The fraction of sp³-hybridized carbons (Fsp3) is 0.310. The number of H-pyrrole nitrogens is 1. The SMILES string of the molecule is Cc1ccc(N(c2nccc(/C(N)=C/C(=N)C(C)(C)C)n2)c2nccc(-c3cc(C(C)(C)C)n[nH]3)n2)cc1. The van der Waals surface area contributed by atoms with E-state index in [-0.39, 0.29) is 10.8 Å². The zero-order chi connectivity index (χ0) is 27.7. The molecular formula is C29H35N9. The maximum atomic E-state index is 8.35. The van der Waals surface area contributed by atoms with E-state index in [0.29, 0.717) is 34.7 Å². The van der Waals surface area contributed by atoms with Crippen LogP contribution in [0.1, 0.15) is 58.5 Å². The number of aromatic amines is 1. The van der Waals surface area contributed by atoms with E-state index in [1.165, 1.54) is 0 Å².